The number of sulfonamides is 1. The Morgan fingerprint density at radius 1 is 1.20 bits per heavy atom. The van der Waals surface area contributed by atoms with Crippen LogP contribution in [0.15, 0.2) is 47.6 Å². The van der Waals surface area contributed by atoms with Crippen LogP contribution < -0.4 is 10.0 Å². The number of hydrogen-bond donors (Lipinski definition) is 2. The molecule has 0 amide bonds. The highest BCUT2D eigenvalue weighted by atomic mass is 32.2. The van der Waals surface area contributed by atoms with Gasteiger partial charge >= 0.3 is 0 Å². The summed E-state index contributed by atoms with van der Waals surface area (Å²) < 4.78 is 40.2. The molecule has 0 spiro atoms. The minimum absolute atomic E-state index is 0.395. The van der Waals surface area contributed by atoms with Gasteiger partial charge < -0.3 is 5.32 Å². The second-order valence-corrected chi connectivity index (χ2v) is 5.68. The van der Waals surface area contributed by atoms with Crippen molar-refractivity contribution in [3.8, 4) is 0 Å². The highest BCUT2D eigenvalue weighted by Gasteiger charge is 2.21. The fourth-order valence-corrected chi connectivity index (χ4v) is 2.84. The van der Waals surface area contributed by atoms with Crippen molar-refractivity contribution < 1.29 is 12.8 Å². The second-order valence-electron chi connectivity index (χ2n) is 4.08. The molecule has 0 bridgehead atoms. The van der Waals surface area contributed by atoms with Crippen LogP contribution in [0.2, 0.25) is 0 Å². The van der Waals surface area contributed by atoms with Crippen molar-refractivity contribution in [2.75, 3.05) is 11.8 Å². The van der Waals surface area contributed by atoms with Crippen LogP contribution in [0.1, 0.15) is 5.56 Å². The maximum atomic E-state index is 13.5. The molecule has 0 atom stereocenters. The number of benzene rings is 1. The van der Waals surface area contributed by atoms with E-state index < -0.39 is 20.9 Å². The van der Waals surface area contributed by atoms with E-state index in [0.717, 1.165) is 11.6 Å². The zero-order valence-corrected chi connectivity index (χ0v) is 11.6. The summed E-state index contributed by atoms with van der Waals surface area (Å²) in [5.74, 6) is -0.883. The lowest BCUT2D eigenvalue weighted by Gasteiger charge is -2.12. The smallest absolute Gasteiger partial charge is 0.282 e. The lowest BCUT2D eigenvalue weighted by Crippen LogP contribution is -2.18. The molecule has 2 aromatic rings. The van der Waals surface area contributed by atoms with Gasteiger partial charge in [-0.15, -0.1) is 0 Å². The van der Waals surface area contributed by atoms with Crippen molar-refractivity contribution in [2.45, 2.75) is 11.6 Å². The fraction of sp³-hybridized carbons (Fsp3) is 0.154. The van der Waals surface area contributed by atoms with E-state index in [9.17, 15) is 12.8 Å². The average molecular weight is 295 g/mol. The Morgan fingerprint density at radius 2 is 1.95 bits per heavy atom. The van der Waals surface area contributed by atoms with Gasteiger partial charge in [-0.3, -0.25) is 4.72 Å². The Morgan fingerprint density at radius 3 is 2.65 bits per heavy atom. The van der Waals surface area contributed by atoms with E-state index in [1.165, 1.54) is 12.3 Å². The van der Waals surface area contributed by atoms with Gasteiger partial charge in [0.2, 0.25) is 5.03 Å². The van der Waals surface area contributed by atoms with Gasteiger partial charge in [0.15, 0.2) is 5.82 Å². The summed E-state index contributed by atoms with van der Waals surface area (Å²) in [6, 6.07) is 9.29. The van der Waals surface area contributed by atoms with Gasteiger partial charge in [0, 0.05) is 12.7 Å². The molecule has 0 aliphatic carbocycles. The standard InChI is InChI=1S/C13H14FN3O2S/c1-15-9-10-5-2-3-7-12(10)17-20(18,19)13-11(14)6-4-8-16-13/h2-8,15,17H,9H2,1H3. The predicted molar refractivity (Wildman–Crippen MR) is 74.2 cm³/mol. The topological polar surface area (TPSA) is 71.1 Å². The number of pyridine rings is 1. The first-order valence-electron chi connectivity index (χ1n) is 5.90. The van der Waals surface area contributed by atoms with Crippen LogP contribution in [0.3, 0.4) is 0 Å². The van der Waals surface area contributed by atoms with Crippen LogP contribution in [0.5, 0.6) is 0 Å². The van der Waals surface area contributed by atoms with Gasteiger partial charge in [-0.25, -0.2) is 9.37 Å². The van der Waals surface area contributed by atoms with Gasteiger partial charge in [-0.05, 0) is 30.8 Å². The normalized spacial score (nSPS) is 11.3. The number of rotatable bonds is 5. The molecule has 5 nitrogen and oxygen atoms in total. The van der Waals surface area contributed by atoms with E-state index >= 15 is 0 Å². The second kappa shape index (κ2) is 5.98. The minimum atomic E-state index is -4.05. The van der Waals surface area contributed by atoms with Crippen LogP contribution in [0.25, 0.3) is 0 Å². The lowest BCUT2D eigenvalue weighted by molar-refractivity contribution is 0.556. The summed E-state index contributed by atoms with van der Waals surface area (Å²) in [7, 11) is -2.30. The van der Waals surface area contributed by atoms with Crippen molar-refractivity contribution in [1.29, 1.82) is 0 Å². The molecule has 1 aromatic heterocycles. The summed E-state index contributed by atoms with van der Waals surface area (Å²) in [5, 5.41) is 2.32. The molecule has 106 valence electrons. The molecule has 7 heteroatoms. The maximum Gasteiger partial charge on any atom is 0.282 e. The minimum Gasteiger partial charge on any atom is -0.316 e. The SMILES string of the molecule is CNCc1ccccc1NS(=O)(=O)c1ncccc1F. The zero-order valence-electron chi connectivity index (χ0n) is 10.8. The molecule has 0 aliphatic rings. The van der Waals surface area contributed by atoms with Crippen molar-refractivity contribution in [3.63, 3.8) is 0 Å². The highest BCUT2D eigenvalue weighted by Crippen LogP contribution is 2.20. The van der Waals surface area contributed by atoms with Gasteiger partial charge in [0.1, 0.15) is 0 Å². The predicted octanol–water partition coefficient (Wildman–Crippen LogP) is 1.74. The molecule has 0 unspecified atom stereocenters. The summed E-state index contributed by atoms with van der Waals surface area (Å²) in [6.45, 7) is 0.489. The molecule has 20 heavy (non-hydrogen) atoms. The highest BCUT2D eigenvalue weighted by molar-refractivity contribution is 7.92. The zero-order chi connectivity index (χ0) is 14.6. The number of nitrogens with zero attached hydrogens (tertiary/aromatic N) is 1. The summed E-state index contributed by atoms with van der Waals surface area (Å²) in [6.07, 6.45) is 1.23. The first-order chi connectivity index (χ1) is 9.54. The first kappa shape index (κ1) is 14.4. The van der Waals surface area contributed by atoms with Crippen LogP contribution in [-0.4, -0.2) is 20.4 Å². The van der Waals surface area contributed by atoms with Crippen molar-refractivity contribution >= 4 is 15.7 Å². The molecule has 1 aromatic carbocycles. The molecule has 2 rings (SSSR count). The van der Waals surface area contributed by atoms with Crippen LogP contribution in [0.4, 0.5) is 10.1 Å². The number of halogens is 1. The molecule has 0 saturated heterocycles. The van der Waals surface area contributed by atoms with E-state index in [0.29, 0.717) is 12.2 Å². The number of hydrogen-bond acceptors (Lipinski definition) is 4. The van der Waals surface area contributed by atoms with E-state index in [1.807, 2.05) is 0 Å². The molecular weight excluding hydrogens is 281 g/mol. The van der Waals surface area contributed by atoms with Crippen molar-refractivity contribution in [1.82, 2.24) is 10.3 Å². The Kier molecular flexibility index (Phi) is 4.31. The van der Waals surface area contributed by atoms with E-state index in [2.05, 4.69) is 15.0 Å². The number of nitrogens with one attached hydrogen (secondary N) is 2. The average Bonchev–Trinajstić information content (AvgIpc) is 2.41. The van der Waals surface area contributed by atoms with Crippen molar-refractivity contribution in [2.24, 2.45) is 0 Å². The van der Waals surface area contributed by atoms with Gasteiger partial charge in [0.05, 0.1) is 5.69 Å². The van der Waals surface area contributed by atoms with Gasteiger partial charge in [-0.1, -0.05) is 18.2 Å². The number of anilines is 1. The van der Waals surface area contributed by atoms with E-state index in [1.54, 1.807) is 31.3 Å². The molecule has 0 saturated carbocycles. The molecule has 0 fully saturated rings. The summed E-state index contributed by atoms with van der Waals surface area (Å²) in [4.78, 5) is 3.58. The van der Waals surface area contributed by atoms with Crippen LogP contribution >= 0.6 is 0 Å². The van der Waals surface area contributed by atoms with Gasteiger partial charge in [-0.2, -0.15) is 8.42 Å². The molecular formula is C13H14FN3O2S. The Hall–Kier alpha value is -1.99. The summed E-state index contributed by atoms with van der Waals surface area (Å²) in [5.41, 5.74) is 1.15. The fourth-order valence-electron chi connectivity index (χ4n) is 1.73. The maximum absolute atomic E-state index is 13.5. The number of para-hydroxylation sites is 1. The largest absolute Gasteiger partial charge is 0.316 e. The number of aromatic nitrogens is 1. The van der Waals surface area contributed by atoms with Crippen molar-refractivity contribution in [3.05, 3.63) is 54.0 Å². The molecule has 0 aliphatic heterocycles. The lowest BCUT2D eigenvalue weighted by atomic mass is 10.2. The van der Waals surface area contributed by atoms with Crippen LogP contribution in [0, 0.1) is 5.82 Å². The third-order valence-corrected chi connectivity index (χ3v) is 3.91. The van der Waals surface area contributed by atoms with E-state index in [4.69, 9.17) is 0 Å². The van der Waals surface area contributed by atoms with Crippen LogP contribution in [-0.2, 0) is 16.6 Å². The third-order valence-electron chi connectivity index (χ3n) is 2.61. The third kappa shape index (κ3) is 3.12. The monoisotopic (exact) mass is 295 g/mol. The quantitative estimate of drug-likeness (QED) is 0.881. The first-order valence-corrected chi connectivity index (χ1v) is 7.39. The Labute approximate surface area is 116 Å². The molecule has 1 heterocycles. The van der Waals surface area contributed by atoms with Gasteiger partial charge in [0.25, 0.3) is 10.0 Å². The Bertz CT molecular complexity index is 704. The Balaban J connectivity index is 2.37. The van der Waals surface area contributed by atoms with E-state index in [-0.39, 0.29) is 0 Å². The summed E-state index contributed by atoms with van der Waals surface area (Å²) >= 11 is 0. The molecule has 2 N–H and O–H groups in total. The molecule has 0 radical (unpaired) electrons.